The molecule has 0 spiro atoms. The van der Waals surface area contributed by atoms with Crippen LogP contribution in [0.25, 0.3) is 0 Å². The van der Waals surface area contributed by atoms with E-state index in [0.717, 1.165) is 37.5 Å². The average molecular weight is 403 g/mol. The van der Waals surface area contributed by atoms with Crippen LogP contribution in [0.1, 0.15) is 63.4 Å². The number of rotatable bonds is 6. The maximum Gasteiger partial charge on any atom is 0.387 e. The van der Waals surface area contributed by atoms with Gasteiger partial charge in [0.1, 0.15) is 0 Å². The third kappa shape index (κ3) is 5.27. The van der Waals surface area contributed by atoms with E-state index in [2.05, 4.69) is 11.7 Å². The highest BCUT2D eigenvalue weighted by atomic mass is 28.3. The molecule has 6 heteroatoms. The zero-order chi connectivity index (χ0) is 19.4. The summed E-state index contributed by atoms with van der Waals surface area (Å²) in [4.78, 5) is 0. The summed E-state index contributed by atoms with van der Waals surface area (Å²) in [6, 6.07) is 6.81. The van der Waals surface area contributed by atoms with Crippen LogP contribution < -0.4 is 4.74 Å². The Morgan fingerprint density at radius 3 is 2.04 bits per heavy atom. The van der Waals surface area contributed by atoms with Crippen LogP contribution >= 0.6 is 0 Å². The first-order valence-corrected chi connectivity index (χ1v) is 12.9. The Labute approximate surface area is 161 Å². The molecule has 1 heterocycles. The molecule has 1 aliphatic heterocycles. The molecule has 0 N–H and O–H groups in total. The fraction of sp³-hybridized carbons (Fsp3) is 0.714. The van der Waals surface area contributed by atoms with Gasteiger partial charge in [0.15, 0.2) is 17.4 Å². The van der Waals surface area contributed by atoms with Crippen molar-refractivity contribution in [2.24, 2.45) is 11.8 Å². The van der Waals surface area contributed by atoms with Gasteiger partial charge in [-0.3, -0.25) is 0 Å². The van der Waals surface area contributed by atoms with Gasteiger partial charge in [-0.2, -0.15) is 8.78 Å². The first-order chi connectivity index (χ1) is 13.0. The molecule has 2 aliphatic rings. The fourth-order valence-electron chi connectivity index (χ4n) is 5.30. The molecule has 1 aliphatic carbocycles. The van der Waals surface area contributed by atoms with Gasteiger partial charge in [0.05, 0.1) is 0 Å². The van der Waals surface area contributed by atoms with Crippen molar-refractivity contribution in [1.29, 1.82) is 0 Å². The second kappa shape index (κ2) is 9.44. The monoisotopic (exact) mass is 402 g/mol. The lowest BCUT2D eigenvalue weighted by atomic mass is 9.72. The Kier molecular flexibility index (Phi) is 7.23. The van der Waals surface area contributed by atoms with E-state index in [1.165, 1.54) is 49.5 Å². The van der Waals surface area contributed by atoms with Gasteiger partial charge in [-0.1, -0.05) is 44.3 Å². The van der Waals surface area contributed by atoms with Crippen molar-refractivity contribution in [1.82, 2.24) is 0 Å². The third-order valence-corrected chi connectivity index (χ3v) is 10.4. The number of hydrogen-bond donors (Lipinski definition) is 0. The highest BCUT2D eigenvalue weighted by Crippen LogP contribution is 2.44. The second-order valence-corrected chi connectivity index (χ2v) is 11.8. The molecule has 152 valence electrons. The normalized spacial score (nSPS) is 29.1. The molecular weight excluding hydrogens is 372 g/mol. The predicted octanol–water partition coefficient (Wildman–Crippen LogP) is 6.89. The summed E-state index contributed by atoms with van der Waals surface area (Å²) in [7, 11) is -0.456. The zero-order valence-electron chi connectivity index (χ0n) is 16.0. The Morgan fingerprint density at radius 1 is 0.963 bits per heavy atom. The summed E-state index contributed by atoms with van der Waals surface area (Å²) in [6.07, 6.45) is 8.16. The number of alkyl halides is 2. The van der Waals surface area contributed by atoms with E-state index in [1.807, 2.05) is 0 Å². The molecule has 27 heavy (non-hydrogen) atoms. The molecule has 1 nitrogen and oxygen atoms in total. The largest absolute Gasteiger partial charge is 0.429 e. The predicted molar refractivity (Wildman–Crippen MR) is 102 cm³/mol. The molecule has 0 aromatic heterocycles. The van der Waals surface area contributed by atoms with E-state index >= 15 is 0 Å². The van der Waals surface area contributed by atoms with E-state index in [-0.39, 0.29) is 5.92 Å². The van der Waals surface area contributed by atoms with Gasteiger partial charge >= 0.3 is 6.61 Å². The van der Waals surface area contributed by atoms with Crippen molar-refractivity contribution in [3.8, 4) is 5.75 Å². The van der Waals surface area contributed by atoms with E-state index < -0.39 is 32.8 Å². The van der Waals surface area contributed by atoms with Gasteiger partial charge < -0.3 is 4.74 Å². The molecule has 0 bridgehead atoms. The Morgan fingerprint density at radius 2 is 1.52 bits per heavy atom. The first-order valence-electron chi connectivity index (χ1n) is 10.4. The van der Waals surface area contributed by atoms with Crippen LogP contribution in [-0.2, 0) is 0 Å². The van der Waals surface area contributed by atoms with Gasteiger partial charge in [0.2, 0.25) is 0 Å². The Hall–Kier alpha value is -1.04. The number of hydrogen-bond acceptors (Lipinski definition) is 1. The summed E-state index contributed by atoms with van der Waals surface area (Å²) in [6.45, 7) is -0.941. The molecule has 0 atom stereocenters. The molecular formula is C21H30F4OSi. The lowest BCUT2D eigenvalue weighted by Gasteiger charge is -2.37. The molecule has 1 saturated heterocycles. The van der Waals surface area contributed by atoms with Crippen LogP contribution in [0, 0.1) is 23.5 Å². The van der Waals surface area contributed by atoms with Crippen LogP contribution in [0.4, 0.5) is 17.6 Å². The summed E-state index contributed by atoms with van der Waals surface area (Å²) < 4.78 is 56.5. The highest BCUT2D eigenvalue weighted by Gasteiger charge is 2.32. The van der Waals surface area contributed by atoms with Crippen molar-refractivity contribution in [3.63, 3.8) is 0 Å². The van der Waals surface area contributed by atoms with Gasteiger partial charge in [-0.15, -0.1) is 0 Å². The van der Waals surface area contributed by atoms with Crippen LogP contribution in [0.15, 0.2) is 12.1 Å². The average Bonchev–Trinajstić information content (AvgIpc) is 2.65. The van der Waals surface area contributed by atoms with Crippen molar-refractivity contribution in [3.05, 3.63) is 29.3 Å². The maximum absolute atomic E-state index is 14.0. The van der Waals surface area contributed by atoms with Crippen molar-refractivity contribution in [2.75, 3.05) is 0 Å². The SMILES string of the molecule is CCC[Si@H]1CC[C@H](C2CCC(c3cc(F)c(OC(F)F)c(F)c3)CC2)CC1. The van der Waals surface area contributed by atoms with Gasteiger partial charge in [-0.05, 0) is 61.1 Å². The number of ether oxygens (including phenoxy) is 1. The minimum Gasteiger partial charge on any atom is -0.429 e. The maximum atomic E-state index is 14.0. The lowest BCUT2D eigenvalue weighted by Crippen LogP contribution is -2.28. The topological polar surface area (TPSA) is 9.23 Å². The Balaban J connectivity index is 1.55. The van der Waals surface area contributed by atoms with Gasteiger partial charge in [0, 0.05) is 8.80 Å². The van der Waals surface area contributed by atoms with Gasteiger partial charge in [0.25, 0.3) is 0 Å². The number of benzene rings is 1. The minimum absolute atomic E-state index is 0.108. The Bertz CT molecular complexity index is 585. The van der Waals surface area contributed by atoms with E-state index in [9.17, 15) is 17.6 Å². The molecule has 0 amide bonds. The van der Waals surface area contributed by atoms with Crippen molar-refractivity contribution in [2.45, 2.75) is 82.5 Å². The summed E-state index contributed by atoms with van der Waals surface area (Å²) in [5.41, 5.74) is 0.573. The molecule has 0 radical (unpaired) electrons. The molecule has 1 saturated carbocycles. The lowest BCUT2D eigenvalue weighted by molar-refractivity contribution is -0.0546. The van der Waals surface area contributed by atoms with Crippen LogP contribution in [0.5, 0.6) is 5.75 Å². The molecule has 3 rings (SSSR count). The fourth-order valence-corrected chi connectivity index (χ4v) is 8.78. The second-order valence-electron chi connectivity index (χ2n) is 8.37. The van der Waals surface area contributed by atoms with Crippen molar-refractivity contribution >= 4 is 8.80 Å². The van der Waals surface area contributed by atoms with Gasteiger partial charge in [-0.25, -0.2) is 8.78 Å². The van der Waals surface area contributed by atoms with Crippen molar-refractivity contribution < 1.29 is 22.3 Å². The first kappa shape index (κ1) is 20.7. The minimum atomic E-state index is -3.23. The number of halogens is 4. The quantitative estimate of drug-likeness (QED) is 0.372. The standard InChI is InChI=1S/C21H30F4OSi/c1-2-9-27-10-7-16(8-11-27)14-3-5-15(6-4-14)17-12-18(22)20(19(23)13-17)26-21(24)25/h12-16,21,27H,2-11H2,1H3/t14?,15?,16-,27-. The summed E-state index contributed by atoms with van der Waals surface area (Å²) in [5.74, 6) is -1.36. The highest BCUT2D eigenvalue weighted by molar-refractivity contribution is 6.58. The molecule has 0 unspecified atom stereocenters. The molecule has 1 aromatic carbocycles. The third-order valence-electron chi connectivity index (χ3n) is 6.73. The zero-order valence-corrected chi connectivity index (χ0v) is 17.2. The smallest absolute Gasteiger partial charge is 0.387 e. The summed E-state index contributed by atoms with van der Waals surface area (Å²) in [5, 5.41) is 0. The molecule has 2 fully saturated rings. The summed E-state index contributed by atoms with van der Waals surface area (Å²) >= 11 is 0. The van der Waals surface area contributed by atoms with E-state index in [1.54, 1.807) is 0 Å². The van der Waals surface area contributed by atoms with Crippen LogP contribution in [0.3, 0.4) is 0 Å². The molecule has 1 aromatic rings. The van der Waals surface area contributed by atoms with E-state index in [0.29, 0.717) is 5.56 Å². The van der Waals surface area contributed by atoms with Crippen LogP contribution in [-0.4, -0.2) is 15.4 Å². The van der Waals surface area contributed by atoms with E-state index in [4.69, 9.17) is 0 Å². The van der Waals surface area contributed by atoms with Crippen LogP contribution in [0.2, 0.25) is 18.1 Å².